The number of alkyl halides is 3. The Morgan fingerprint density at radius 2 is 1.74 bits per heavy atom. The highest BCUT2D eigenvalue weighted by Crippen LogP contribution is 2.37. The van der Waals surface area contributed by atoms with Crippen LogP contribution in [0.1, 0.15) is 31.7 Å². The minimum absolute atomic E-state index is 0.368. The van der Waals surface area contributed by atoms with Gasteiger partial charge in [0.25, 0.3) is 0 Å². The van der Waals surface area contributed by atoms with Gasteiger partial charge in [-0.3, -0.25) is 9.80 Å². The molecule has 10 heteroatoms. The zero-order valence-corrected chi connectivity index (χ0v) is 22.8. The third-order valence-electron chi connectivity index (χ3n) is 7.85. The number of methoxy groups -OCH3 is 2. The molecule has 0 saturated carbocycles. The molecule has 3 atom stereocenters. The summed E-state index contributed by atoms with van der Waals surface area (Å²) in [4.78, 5) is 6.85. The lowest BCUT2D eigenvalue weighted by Crippen LogP contribution is -2.66. The zero-order chi connectivity index (χ0) is 27.6. The number of rotatable bonds is 8. The van der Waals surface area contributed by atoms with Gasteiger partial charge >= 0.3 is 6.18 Å². The lowest BCUT2D eigenvalue weighted by molar-refractivity contribution is -0.179. The molecule has 0 bridgehead atoms. The van der Waals surface area contributed by atoms with Crippen molar-refractivity contribution in [1.29, 1.82) is 0 Å². The monoisotopic (exact) mass is 539 g/mol. The fourth-order valence-corrected chi connectivity index (χ4v) is 5.77. The molecule has 0 radical (unpaired) electrons. The first-order chi connectivity index (χ1) is 18.0. The van der Waals surface area contributed by atoms with Crippen molar-refractivity contribution < 1.29 is 32.5 Å². The highest BCUT2D eigenvalue weighted by Gasteiger charge is 2.48. The number of piperazine rings is 1. The van der Waals surface area contributed by atoms with Crippen LogP contribution in [0.5, 0.6) is 5.75 Å². The summed E-state index contributed by atoms with van der Waals surface area (Å²) in [5.74, 6) is 0.928. The lowest BCUT2D eigenvalue weighted by atomic mass is 9.87. The van der Waals surface area contributed by atoms with E-state index in [0.29, 0.717) is 37.4 Å². The van der Waals surface area contributed by atoms with E-state index in [1.165, 1.54) is 12.1 Å². The van der Waals surface area contributed by atoms with Crippen molar-refractivity contribution in [3.8, 4) is 5.75 Å². The summed E-state index contributed by atoms with van der Waals surface area (Å²) in [6.45, 7) is 7.19. The molecule has 0 aromatic heterocycles. The minimum Gasteiger partial charge on any atom is -0.498 e. The first-order valence-electron chi connectivity index (χ1n) is 13.2. The van der Waals surface area contributed by atoms with Crippen molar-refractivity contribution in [3.05, 3.63) is 53.3 Å². The van der Waals surface area contributed by atoms with Gasteiger partial charge in [-0.2, -0.15) is 13.2 Å². The van der Waals surface area contributed by atoms with Gasteiger partial charge in [0, 0.05) is 52.8 Å². The molecule has 2 fully saturated rings. The fraction of sp³-hybridized carbons (Fsp3) is 0.643. The number of nitrogens with zero attached hydrogens (tertiary/aromatic N) is 3. The van der Waals surface area contributed by atoms with Crippen molar-refractivity contribution in [2.75, 3.05) is 67.1 Å². The largest absolute Gasteiger partial charge is 0.498 e. The minimum atomic E-state index is -4.40. The molecule has 3 aliphatic rings. The third kappa shape index (κ3) is 6.54. The summed E-state index contributed by atoms with van der Waals surface area (Å²) in [6, 6.07) is 4.94. The molecular weight excluding hydrogens is 499 g/mol. The summed E-state index contributed by atoms with van der Waals surface area (Å²) in [5.41, 5.74) is -1.46. The first kappa shape index (κ1) is 28.9. The summed E-state index contributed by atoms with van der Waals surface area (Å²) in [7, 11) is 5.33. The van der Waals surface area contributed by atoms with Gasteiger partial charge in [0.1, 0.15) is 17.1 Å². The molecule has 2 aliphatic heterocycles. The highest BCUT2D eigenvalue weighted by molar-refractivity contribution is 5.33. The molecule has 1 N–H and O–H groups in total. The molecule has 3 unspecified atom stereocenters. The van der Waals surface area contributed by atoms with Crippen molar-refractivity contribution in [3.63, 3.8) is 0 Å². The van der Waals surface area contributed by atoms with Crippen LogP contribution >= 0.6 is 0 Å². The Kier molecular flexibility index (Phi) is 8.78. The maximum atomic E-state index is 13.2. The Labute approximate surface area is 223 Å². The SMILES string of the molecule is COC1=CC(CN2CCCC(Oc3ccc(C(F)(F)F)cc3)(C(OC)N3CCN(C)CC3)C2)=CCC1(C)O. The normalized spacial score (nSPS) is 28.9. The van der Waals surface area contributed by atoms with Crippen LogP contribution in [0, 0.1) is 0 Å². The number of likely N-dealkylation sites (N-methyl/N-ethyl adjacent to an activating group) is 1. The second kappa shape index (κ2) is 11.6. The molecule has 7 nitrogen and oxygen atoms in total. The molecule has 38 heavy (non-hydrogen) atoms. The van der Waals surface area contributed by atoms with Gasteiger partial charge in [-0.15, -0.1) is 0 Å². The standard InChI is InChI=1S/C28H40F3N3O4/c1-26(35)12-10-21(18-24(26)36-3)19-33-13-5-11-27(20-33,25(37-4)34-16-14-32(2)15-17-34)38-23-8-6-22(7-9-23)28(29,30)31/h6-10,18,25,35H,5,11-17,19-20H2,1-4H3. The predicted molar refractivity (Wildman–Crippen MR) is 139 cm³/mol. The van der Waals surface area contributed by atoms with E-state index >= 15 is 0 Å². The number of hydrogen-bond acceptors (Lipinski definition) is 7. The van der Waals surface area contributed by atoms with E-state index in [9.17, 15) is 18.3 Å². The van der Waals surface area contributed by atoms with Crippen molar-refractivity contribution in [2.24, 2.45) is 0 Å². The Hall–Kier alpha value is -2.11. The van der Waals surface area contributed by atoms with Gasteiger partial charge in [-0.25, -0.2) is 0 Å². The lowest BCUT2D eigenvalue weighted by Gasteiger charge is -2.51. The van der Waals surface area contributed by atoms with Crippen LogP contribution in [0.25, 0.3) is 0 Å². The molecule has 1 aliphatic carbocycles. The fourth-order valence-electron chi connectivity index (χ4n) is 5.77. The molecule has 0 spiro atoms. The van der Waals surface area contributed by atoms with E-state index in [-0.39, 0.29) is 6.23 Å². The maximum Gasteiger partial charge on any atom is 0.416 e. The first-order valence-corrected chi connectivity index (χ1v) is 13.2. The van der Waals surface area contributed by atoms with Crippen LogP contribution in [0.15, 0.2) is 47.7 Å². The number of hydrogen-bond donors (Lipinski definition) is 1. The van der Waals surface area contributed by atoms with Crippen LogP contribution in [0.4, 0.5) is 13.2 Å². The van der Waals surface area contributed by atoms with Crippen LogP contribution in [-0.4, -0.2) is 104 Å². The second-order valence-corrected chi connectivity index (χ2v) is 10.9. The molecule has 2 heterocycles. The topological polar surface area (TPSA) is 57.6 Å². The number of likely N-dealkylation sites (tertiary alicyclic amines) is 1. The molecule has 1 aromatic rings. The van der Waals surface area contributed by atoms with Crippen molar-refractivity contribution in [1.82, 2.24) is 14.7 Å². The summed E-state index contributed by atoms with van der Waals surface area (Å²) < 4.78 is 57.7. The molecule has 1 aromatic carbocycles. The van der Waals surface area contributed by atoms with E-state index < -0.39 is 22.9 Å². The number of halogens is 3. The summed E-state index contributed by atoms with van der Waals surface area (Å²) in [5, 5.41) is 10.6. The van der Waals surface area contributed by atoms with Crippen LogP contribution in [0.2, 0.25) is 0 Å². The van der Waals surface area contributed by atoms with Crippen molar-refractivity contribution >= 4 is 0 Å². The highest BCUT2D eigenvalue weighted by atomic mass is 19.4. The Bertz CT molecular complexity index is 1000. The Morgan fingerprint density at radius 3 is 2.34 bits per heavy atom. The Morgan fingerprint density at radius 1 is 1.05 bits per heavy atom. The predicted octanol–water partition coefficient (Wildman–Crippen LogP) is 3.75. The Balaban J connectivity index is 1.60. The van der Waals surface area contributed by atoms with E-state index in [1.807, 2.05) is 12.2 Å². The van der Waals surface area contributed by atoms with E-state index in [2.05, 4.69) is 21.7 Å². The van der Waals surface area contributed by atoms with E-state index in [0.717, 1.165) is 56.9 Å². The molecule has 4 rings (SSSR count). The number of ether oxygens (including phenoxy) is 3. The quantitative estimate of drug-likeness (QED) is 0.540. The number of aliphatic hydroxyl groups is 1. The van der Waals surface area contributed by atoms with Crippen LogP contribution in [-0.2, 0) is 15.7 Å². The van der Waals surface area contributed by atoms with Gasteiger partial charge in [-0.1, -0.05) is 6.08 Å². The number of benzene rings is 1. The van der Waals surface area contributed by atoms with Crippen LogP contribution in [0.3, 0.4) is 0 Å². The average Bonchev–Trinajstić information content (AvgIpc) is 2.86. The number of piperidine rings is 1. The van der Waals surface area contributed by atoms with Gasteiger partial charge < -0.3 is 24.2 Å². The van der Waals surface area contributed by atoms with E-state index in [4.69, 9.17) is 14.2 Å². The van der Waals surface area contributed by atoms with Crippen molar-refractivity contribution in [2.45, 2.75) is 49.8 Å². The molecule has 2 saturated heterocycles. The summed E-state index contributed by atoms with van der Waals surface area (Å²) in [6.07, 6.45) is 1.18. The second-order valence-electron chi connectivity index (χ2n) is 10.9. The van der Waals surface area contributed by atoms with Crippen LogP contribution < -0.4 is 4.74 Å². The molecule has 212 valence electrons. The maximum absolute atomic E-state index is 13.2. The molecular formula is C28H40F3N3O4. The van der Waals surface area contributed by atoms with Gasteiger partial charge in [0.15, 0.2) is 11.8 Å². The molecule has 0 amide bonds. The van der Waals surface area contributed by atoms with E-state index in [1.54, 1.807) is 21.1 Å². The van der Waals surface area contributed by atoms with Gasteiger partial charge in [0.2, 0.25) is 0 Å². The van der Waals surface area contributed by atoms with Gasteiger partial charge in [-0.05, 0) is 69.3 Å². The zero-order valence-electron chi connectivity index (χ0n) is 22.8. The smallest absolute Gasteiger partial charge is 0.416 e. The van der Waals surface area contributed by atoms with Gasteiger partial charge in [0.05, 0.1) is 12.7 Å². The average molecular weight is 540 g/mol. The third-order valence-corrected chi connectivity index (χ3v) is 7.85. The summed E-state index contributed by atoms with van der Waals surface area (Å²) >= 11 is 0.